The largest absolute Gasteiger partial charge is 0.488 e. The van der Waals surface area contributed by atoms with Crippen LogP contribution in [0.1, 0.15) is 11.3 Å². The van der Waals surface area contributed by atoms with Crippen molar-refractivity contribution >= 4 is 34.7 Å². The molecule has 28 heavy (non-hydrogen) atoms. The van der Waals surface area contributed by atoms with E-state index in [1.165, 1.54) is 26.4 Å². The summed E-state index contributed by atoms with van der Waals surface area (Å²) in [6, 6.07) is 10.6. The van der Waals surface area contributed by atoms with Gasteiger partial charge in [0.15, 0.2) is 12.4 Å². The number of rotatable bonds is 7. The SMILES string of the molecule is COC(=O)COc1ccc(/C=C/c2n[nH]c3ccccc23)c([N+](=O)[O-])c1OC. The number of aromatic nitrogens is 2. The minimum absolute atomic E-state index is 0.0713. The third-order valence-electron chi connectivity index (χ3n) is 4.01. The summed E-state index contributed by atoms with van der Waals surface area (Å²) < 4.78 is 15.0. The summed E-state index contributed by atoms with van der Waals surface area (Å²) in [7, 11) is 2.51. The molecular weight excluding hydrogens is 366 g/mol. The van der Waals surface area contributed by atoms with Crippen molar-refractivity contribution in [1.82, 2.24) is 10.2 Å². The standard InChI is InChI=1S/C19H17N3O6/c1-26-17(23)11-28-16-10-8-12(18(22(24)25)19(16)27-2)7-9-15-13-5-3-4-6-14(13)20-21-15/h3-10H,11H2,1-2H3,(H,20,21)/b9-7+. The molecule has 0 fully saturated rings. The molecule has 0 aliphatic rings. The lowest BCUT2D eigenvalue weighted by molar-refractivity contribution is -0.386. The van der Waals surface area contributed by atoms with E-state index >= 15 is 0 Å². The Morgan fingerprint density at radius 2 is 2.00 bits per heavy atom. The average Bonchev–Trinajstić information content (AvgIpc) is 3.13. The van der Waals surface area contributed by atoms with E-state index in [-0.39, 0.29) is 17.2 Å². The number of nitrogens with one attached hydrogen (secondary N) is 1. The van der Waals surface area contributed by atoms with E-state index in [9.17, 15) is 14.9 Å². The third-order valence-corrected chi connectivity index (χ3v) is 4.01. The van der Waals surface area contributed by atoms with Gasteiger partial charge in [0.05, 0.1) is 35.9 Å². The van der Waals surface area contributed by atoms with Crippen LogP contribution in [-0.4, -0.2) is 41.9 Å². The second kappa shape index (κ2) is 8.21. The number of nitro benzene ring substituents is 1. The highest BCUT2D eigenvalue weighted by molar-refractivity contribution is 5.90. The van der Waals surface area contributed by atoms with Crippen LogP contribution in [0.25, 0.3) is 23.1 Å². The zero-order chi connectivity index (χ0) is 20.1. The fourth-order valence-electron chi connectivity index (χ4n) is 2.68. The monoisotopic (exact) mass is 383 g/mol. The minimum Gasteiger partial charge on any atom is -0.488 e. The van der Waals surface area contributed by atoms with E-state index in [0.29, 0.717) is 11.3 Å². The Kier molecular flexibility index (Phi) is 5.54. The van der Waals surface area contributed by atoms with E-state index in [2.05, 4.69) is 14.9 Å². The molecule has 0 bridgehead atoms. The first kappa shape index (κ1) is 18.9. The quantitative estimate of drug-likeness (QED) is 0.378. The molecule has 0 aliphatic heterocycles. The summed E-state index contributed by atoms with van der Waals surface area (Å²) in [6.45, 7) is -0.390. The van der Waals surface area contributed by atoms with Crippen LogP contribution in [0.15, 0.2) is 36.4 Å². The molecule has 3 rings (SSSR count). The first-order chi connectivity index (χ1) is 13.5. The summed E-state index contributed by atoms with van der Waals surface area (Å²) in [6.07, 6.45) is 3.25. The van der Waals surface area contributed by atoms with Gasteiger partial charge in [0.1, 0.15) is 0 Å². The maximum absolute atomic E-state index is 11.6. The van der Waals surface area contributed by atoms with Gasteiger partial charge < -0.3 is 14.2 Å². The molecule has 0 radical (unpaired) electrons. The van der Waals surface area contributed by atoms with Gasteiger partial charge in [-0.15, -0.1) is 0 Å². The topological polar surface area (TPSA) is 117 Å². The lowest BCUT2D eigenvalue weighted by atomic mass is 10.1. The van der Waals surface area contributed by atoms with Crippen LogP contribution < -0.4 is 9.47 Å². The van der Waals surface area contributed by atoms with Crippen LogP contribution >= 0.6 is 0 Å². The normalized spacial score (nSPS) is 10.9. The zero-order valence-corrected chi connectivity index (χ0v) is 15.2. The summed E-state index contributed by atoms with van der Waals surface area (Å²) in [5.41, 5.74) is 1.54. The Bertz CT molecular complexity index is 1060. The highest BCUT2D eigenvalue weighted by Crippen LogP contribution is 2.40. The fourth-order valence-corrected chi connectivity index (χ4v) is 2.68. The number of H-pyrrole nitrogens is 1. The van der Waals surface area contributed by atoms with Gasteiger partial charge >= 0.3 is 11.7 Å². The second-order valence-corrected chi connectivity index (χ2v) is 5.64. The highest BCUT2D eigenvalue weighted by atomic mass is 16.6. The Labute approximate surface area is 159 Å². The Hall–Kier alpha value is -3.88. The number of ether oxygens (including phenoxy) is 3. The predicted octanol–water partition coefficient (Wildman–Crippen LogP) is 3.20. The van der Waals surface area contributed by atoms with Gasteiger partial charge in [-0.3, -0.25) is 15.2 Å². The van der Waals surface area contributed by atoms with Crippen LogP contribution in [0.4, 0.5) is 5.69 Å². The molecule has 9 heteroatoms. The van der Waals surface area contributed by atoms with Gasteiger partial charge in [0.25, 0.3) is 0 Å². The summed E-state index contributed by atoms with van der Waals surface area (Å²) in [5, 5.41) is 19.7. The Balaban J connectivity index is 1.98. The first-order valence-electron chi connectivity index (χ1n) is 8.21. The Morgan fingerprint density at radius 1 is 1.21 bits per heavy atom. The zero-order valence-electron chi connectivity index (χ0n) is 15.2. The molecule has 0 unspecified atom stereocenters. The van der Waals surface area contributed by atoms with E-state index in [0.717, 1.165) is 10.9 Å². The van der Waals surface area contributed by atoms with Crippen LogP contribution in [0.2, 0.25) is 0 Å². The van der Waals surface area contributed by atoms with Crippen LogP contribution in [0.5, 0.6) is 11.5 Å². The van der Waals surface area contributed by atoms with Gasteiger partial charge in [0.2, 0.25) is 5.75 Å². The van der Waals surface area contributed by atoms with E-state index in [1.54, 1.807) is 12.2 Å². The number of hydrogen-bond donors (Lipinski definition) is 1. The number of nitro groups is 1. The van der Waals surface area contributed by atoms with Crippen molar-refractivity contribution in [2.45, 2.75) is 0 Å². The van der Waals surface area contributed by atoms with Crippen molar-refractivity contribution < 1.29 is 23.9 Å². The van der Waals surface area contributed by atoms with Crippen LogP contribution in [0, 0.1) is 10.1 Å². The number of esters is 1. The summed E-state index contributed by atoms with van der Waals surface area (Å²) in [5.74, 6) is -0.621. The third kappa shape index (κ3) is 3.78. The number of carbonyl (C=O) groups excluding carboxylic acids is 1. The predicted molar refractivity (Wildman–Crippen MR) is 102 cm³/mol. The van der Waals surface area contributed by atoms with Crippen molar-refractivity contribution in [2.24, 2.45) is 0 Å². The Morgan fingerprint density at radius 3 is 2.71 bits per heavy atom. The minimum atomic E-state index is -0.612. The molecule has 0 saturated carbocycles. The van der Waals surface area contributed by atoms with Crippen molar-refractivity contribution in [2.75, 3.05) is 20.8 Å². The highest BCUT2D eigenvalue weighted by Gasteiger charge is 2.24. The van der Waals surface area contributed by atoms with Gasteiger partial charge in [-0.05, 0) is 30.4 Å². The number of methoxy groups -OCH3 is 2. The molecule has 0 amide bonds. The fraction of sp³-hybridized carbons (Fsp3) is 0.158. The van der Waals surface area contributed by atoms with Gasteiger partial charge in [-0.25, -0.2) is 4.79 Å². The molecule has 9 nitrogen and oxygen atoms in total. The molecule has 1 aromatic heterocycles. The van der Waals surface area contributed by atoms with E-state index in [1.807, 2.05) is 24.3 Å². The summed E-state index contributed by atoms with van der Waals surface area (Å²) in [4.78, 5) is 22.3. The number of carbonyl (C=O) groups is 1. The molecule has 1 N–H and O–H groups in total. The van der Waals surface area contributed by atoms with Gasteiger partial charge in [-0.2, -0.15) is 5.10 Å². The van der Waals surface area contributed by atoms with Crippen LogP contribution in [0.3, 0.4) is 0 Å². The molecule has 0 spiro atoms. The number of aromatic amines is 1. The van der Waals surface area contributed by atoms with Gasteiger partial charge in [-0.1, -0.05) is 18.2 Å². The van der Waals surface area contributed by atoms with Crippen molar-refractivity contribution in [1.29, 1.82) is 0 Å². The van der Waals surface area contributed by atoms with Crippen molar-refractivity contribution in [3.8, 4) is 11.5 Å². The molecular formula is C19H17N3O6. The number of fused-ring (bicyclic) bond motifs is 1. The van der Waals surface area contributed by atoms with Crippen molar-refractivity contribution in [3.05, 3.63) is 57.8 Å². The molecule has 0 aliphatic carbocycles. The average molecular weight is 383 g/mol. The van der Waals surface area contributed by atoms with Crippen molar-refractivity contribution in [3.63, 3.8) is 0 Å². The maximum atomic E-state index is 11.6. The number of hydrogen-bond acceptors (Lipinski definition) is 7. The molecule has 144 valence electrons. The molecule has 3 aromatic rings. The lowest BCUT2D eigenvalue weighted by Crippen LogP contribution is -2.13. The maximum Gasteiger partial charge on any atom is 0.343 e. The molecule has 0 saturated heterocycles. The number of nitrogens with zero attached hydrogens (tertiary/aromatic N) is 2. The summed E-state index contributed by atoms with van der Waals surface area (Å²) >= 11 is 0. The second-order valence-electron chi connectivity index (χ2n) is 5.64. The molecule has 0 atom stereocenters. The first-order valence-corrected chi connectivity index (χ1v) is 8.21. The smallest absolute Gasteiger partial charge is 0.343 e. The lowest BCUT2D eigenvalue weighted by Gasteiger charge is -2.11. The van der Waals surface area contributed by atoms with Gasteiger partial charge in [0, 0.05) is 5.39 Å². The molecule has 2 aromatic carbocycles. The number of benzene rings is 2. The molecule has 1 heterocycles. The van der Waals surface area contributed by atoms with E-state index < -0.39 is 17.5 Å². The van der Waals surface area contributed by atoms with E-state index in [4.69, 9.17) is 9.47 Å². The van der Waals surface area contributed by atoms with Crippen LogP contribution in [-0.2, 0) is 9.53 Å². The number of para-hydroxylation sites is 1.